The van der Waals surface area contributed by atoms with Gasteiger partial charge in [0.1, 0.15) is 0 Å². The van der Waals surface area contributed by atoms with Crippen LogP contribution < -0.4 is 0 Å². The van der Waals surface area contributed by atoms with Gasteiger partial charge >= 0.3 is 0 Å². The number of carbonyl (C=O) groups is 1. The van der Waals surface area contributed by atoms with Crippen LogP contribution in [-0.2, 0) is 0 Å². The Balaban J connectivity index is 2.04. The summed E-state index contributed by atoms with van der Waals surface area (Å²) in [6.45, 7) is 0. The van der Waals surface area contributed by atoms with Gasteiger partial charge < -0.3 is 4.57 Å². The van der Waals surface area contributed by atoms with Crippen LogP contribution in [0.5, 0.6) is 0 Å². The van der Waals surface area contributed by atoms with Crippen LogP contribution in [0.4, 0.5) is 0 Å². The molecule has 3 aromatic rings. The standard InChI is InChI=1S/C19H15NO/c21-19(17-11-5-2-6-12-17)15-18(20-13-7-8-14-20)16-9-3-1-4-10-16/h1-15H/b18-15+. The summed E-state index contributed by atoms with van der Waals surface area (Å²) in [6.07, 6.45) is 5.57. The highest BCUT2D eigenvalue weighted by Crippen LogP contribution is 2.18. The number of aromatic nitrogens is 1. The van der Waals surface area contributed by atoms with Crippen molar-refractivity contribution in [2.45, 2.75) is 0 Å². The van der Waals surface area contributed by atoms with Crippen molar-refractivity contribution in [3.8, 4) is 0 Å². The molecule has 0 atom stereocenters. The maximum absolute atomic E-state index is 12.4. The van der Waals surface area contributed by atoms with Gasteiger partial charge in [-0.3, -0.25) is 4.79 Å². The van der Waals surface area contributed by atoms with E-state index < -0.39 is 0 Å². The van der Waals surface area contributed by atoms with Crippen molar-refractivity contribution in [3.63, 3.8) is 0 Å². The average molecular weight is 273 g/mol. The molecule has 0 amide bonds. The molecule has 0 unspecified atom stereocenters. The lowest BCUT2D eigenvalue weighted by Crippen LogP contribution is -2.01. The van der Waals surface area contributed by atoms with Gasteiger partial charge in [-0.05, 0) is 17.7 Å². The maximum atomic E-state index is 12.4. The molecule has 1 heterocycles. The van der Waals surface area contributed by atoms with Gasteiger partial charge in [-0.25, -0.2) is 0 Å². The molecule has 2 nitrogen and oxygen atoms in total. The van der Waals surface area contributed by atoms with Crippen molar-refractivity contribution in [2.75, 3.05) is 0 Å². The average Bonchev–Trinajstić information content (AvgIpc) is 3.08. The van der Waals surface area contributed by atoms with Gasteiger partial charge in [-0.1, -0.05) is 60.7 Å². The Labute approximate surface area is 124 Å². The fourth-order valence-corrected chi connectivity index (χ4v) is 2.22. The lowest BCUT2D eigenvalue weighted by molar-refractivity contribution is 0.104. The number of hydrogen-bond acceptors (Lipinski definition) is 1. The van der Waals surface area contributed by atoms with E-state index in [9.17, 15) is 4.79 Å². The van der Waals surface area contributed by atoms with Crippen LogP contribution in [0.1, 0.15) is 15.9 Å². The van der Waals surface area contributed by atoms with Crippen LogP contribution in [0.3, 0.4) is 0 Å². The van der Waals surface area contributed by atoms with Crippen LogP contribution in [0.2, 0.25) is 0 Å². The first-order chi connectivity index (χ1) is 10.3. The molecule has 0 fully saturated rings. The highest BCUT2D eigenvalue weighted by Gasteiger charge is 2.08. The molecule has 102 valence electrons. The third-order valence-electron chi connectivity index (χ3n) is 3.28. The Morgan fingerprint density at radius 3 is 1.81 bits per heavy atom. The third-order valence-corrected chi connectivity index (χ3v) is 3.28. The number of ketones is 1. The first-order valence-electron chi connectivity index (χ1n) is 6.84. The van der Waals surface area contributed by atoms with Gasteiger partial charge in [0.2, 0.25) is 0 Å². The predicted octanol–water partition coefficient (Wildman–Crippen LogP) is 4.26. The second-order valence-corrected chi connectivity index (χ2v) is 4.72. The van der Waals surface area contributed by atoms with Gasteiger partial charge in [0, 0.05) is 24.0 Å². The number of nitrogens with zero attached hydrogens (tertiary/aromatic N) is 1. The minimum atomic E-state index is 0.00292. The molecule has 0 radical (unpaired) electrons. The van der Waals surface area contributed by atoms with Crippen LogP contribution in [0.15, 0.2) is 91.3 Å². The Hall–Kier alpha value is -2.87. The minimum Gasteiger partial charge on any atom is -0.323 e. The molecule has 0 aliphatic heterocycles. The number of benzene rings is 2. The molecule has 0 saturated heterocycles. The zero-order valence-electron chi connectivity index (χ0n) is 11.5. The van der Waals surface area contributed by atoms with E-state index in [0.29, 0.717) is 5.56 Å². The van der Waals surface area contributed by atoms with Crippen molar-refractivity contribution >= 4 is 11.5 Å². The Morgan fingerprint density at radius 2 is 1.24 bits per heavy atom. The van der Waals surface area contributed by atoms with Crippen molar-refractivity contribution in [1.82, 2.24) is 4.57 Å². The van der Waals surface area contributed by atoms with Crippen molar-refractivity contribution in [3.05, 3.63) is 102 Å². The van der Waals surface area contributed by atoms with Gasteiger partial charge in [0.25, 0.3) is 0 Å². The molecular weight excluding hydrogens is 258 g/mol. The van der Waals surface area contributed by atoms with E-state index in [-0.39, 0.29) is 5.78 Å². The largest absolute Gasteiger partial charge is 0.323 e. The van der Waals surface area contributed by atoms with E-state index in [1.807, 2.05) is 89.8 Å². The molecule has 21 heavy (non-hydrogen) atoms. The molecule has 2 aromatic carbocycles. The monoisotopic (exact) mass is 273 g/mol. The lowest BCUT2D eigenvalue weighted by Gasteiger charge is -2.09. The van der Waals surface area contributed by atoms with E-state index in [2.05, 4.69) is 0 Å². The van der Waals surface area contributed by atoms with Crippen LogP contribution >= 0.6 is 0 Å². The molecule has 1 aromatic heterocycles. The Bertz CT molecular complexity index is 741. The van der Waals surface area contributed by atoms with Gasteiger partial charge in [0.15, 0.2) is 5.78 Å². The normalized spacial score (nSPS) is 11.3. The fourth-order valence-electron chi connectivity index (χ4n) is 2.22. The summed E-state index contributed by atoms with van der Waals surface area (Å²) in [5.74, 6) is 0.00292. The highest BCUT2D eigenvalue weighted by molar-refractivity contribution is 6.08. The first kappa shape index (κ1) is 13.1. The summed E-state index contributed by atoms with van der Waals surface area (Å²) < 4.78 is 1.95. The Morgan fingerprint density at radius 1 is 0.714 bits per heavy atom. The molecule has 0 aliphatic rings. The van der Waals surface area contributed by atoms with Crippen molar-refractivity contribution in [2.24, 2.45) is 0 Å². The minimum absolute atomic E-state index is 0.00292. The Kier molecular flexibility index (Phi) is 3.79. The second kappa shape index (κ2) is 6.06. The molecule has 0 saturated carbocycles. The topological polar surface area (TPSA) is 22.0 Å². The smallest absolute Gasteiger partial charge is 0.187 e. The number of allylic oxidation sites excluding steroid dienone is 1. The molecular formula is C19H15NO. The molecule has 0 bridgehead atoms. The zero-order valence-corrected chi connectivity index (χ0v) is 11.5. The van der Waals surface area contributed by atoms with Gasteiger partial charge in [0.05, 0.1) is 5.70 Å². The second-order valence-electron chi connectivity index (χ2n) is 4.72. The summed E-state index contributed by atoms with van der Waals surface area (Å²) in [5, 5.41) is 0. The number of carbonyl (C=O) groups excluding carboxylic acids is 1. The van der Waals surface area contributed by atoms with E-state index >= 15 is 0 Å². The van der Waals surface area contributed by atoms with Gasteiger partial charge in [-0.2, -0.15) is 0 Å². The number of rotatable bonds is 4. The molecule has 3 rings (SSSR count). The maximum Gasteiger partial charge on any atom is 0.187 e. The lowest BCUT2D eigenvalue weighted by atomic mass is 10.1. The molecule has 2 heteroatoms. The van der Waals surface area contributed by atoms with Crippen molar-refractivity contribution in [1.29, 1.82) is 0 Å². The third kappa shape index (κ3) is 3.00. The zero-order chi connectivity index (χ0) is 14.5. The summed E-state index contributed by atoms with van der Waals surface area (Å²) in [6, 6.07) is 23.1. The van der Waals surface area contributed by atoms with E-state index in [4.69, 9.17) is 0 Å². The summed E-state index contributed by atoms with van der Waals surface area (Å²) in [5.41, 5.74) is 2.57. The molecule has 0 spiro atoms. The van der Waals surface area contributed by atoms with Crippen molar-refractivity contribution < 1.29 is 4.79 Å². The number of hydrogen-bond donors (Lipinski definition) is 0. The first-order valence-corrected chi connectivity index (χ1v) is 6.84. The predicted molar refractivity (Wildman–Crippen MR) is 85.0 cm³/mol. The van der Waals surface area contributed by atoms with E-state index in [1.54, 1.807) is 6.08 Å². The molecule has 0 aliphatic carbocycles. The summed E-state index contributed by atoms with van der Waals surface area (Å²) in [4.78, 5) is 12.4. The SMILES string of the molecule is O=C(/C=C(\c1ccccc1)n1cccc1)c1ccccc1. The van der Waals surface area contributed by atoms with Gasteiger partial charge in [-0.15, -0.1) is 0 Å². The summed E-state index contributed by atoms with van der Waals surface area (Å²) in [7, 11) is 0. The quantitative estimate of drug-likeness (QED) is 0.514. The van der Waals surface area contributed by atoms with E-state index in [1.165, 1.54) is 0 Å². The van der Waals surface area contributed by atoms with E-state index in [0.717, 1.165) is 11.3 Å². The van der Waals surface area contributed by atoms with Crippen LogP contribution in [0, 0.1) is 0 Å². The van der Waals surface area contributed by atoms with Crippen LogP contribution in [-0.4, -0.2) is 10.4 Å². The summed E-state index contributed by atoms with van der Waals surface area (Å²) >= 11 is 0. The fraction of sp³-hybridized carbons (Fsp3) is 0. The van der Waals surface area contributed by atoms with Crippen LogP contribution in [0.25, 0.3) is 5.70 Å². The molecule has 0 N–H and O–H groups in total. The highest BCUT2D eigenvalue weighted by atomic mass is 16.1.